The summed E-state index contributed by atoms with van der Waals surface area (Å²) >= 11 is 0. The topological polar surface area (TPSA) is 40.2 Å². The van der Waals surface area contributed by atoms with Crippen LogP contribution in [0.5, 0.6) is 0 Å². The molecular weight excluding hydrogens is 356 g/mol. The highest BCUT2D eigenvalue weighted by molar-refractivity contribution is 6.60. The summed E-state index contributed by atoms with van der Waals surface area (Å²) in [6, 6.07) is 0.989. The summed E-state index contributed by atoms with van der Waals surface area (Å²) in [5.41, 5.74) is 0. The molecule has 2 fully saturated rings. The molecule has 1 aliphatic heterocycles. The van der Waals surface area contributed by atoms with Gasteiger partial charge in [0.25, 0.3) is 0 Å². The van der Waals surface area contributed by atoms with E-state index in [1.54, 1.807) is 0 Å². The predicted octanol–water partition coefficient (Wildman–Crippen LogP) is 5.97. The molecule has 0 radical (unpaired) electrons. The van der Waals surface area contributed by atoms with E-state index < -0.39 is 8.80 Å². The Kier molecular flexibility index (Phi) is 10.9. The van der Waals surface area contributed by atoms with Gasteiger partial charge in [0.1, 0.15) is 0 Å². The fraction of sp³-hybridized carbons (Fsp3) is 1.00. The average molecular weight is 401 g/mol. The van der Waals surface area contributed by atoms with Gasteiger partial charge in [-0.05, 0) is 50.4 Å². The number of ether oxygens (including phenoxy) is 1. The number of epoxide rings is 1. The van der Waals surface area contributed by atoms with Crippen LogP contribution in [0.4, 0.5) is 0 Å². The van der Waals surface area contributed by atoms with Crippen molar-refractivity contribution in [2.75, 3.05) is 19.8 Å². The van der Waals surface area contributed by atoms with Crippen LogP contribution >= 0.6 is 0 Å². The van der Waals surface area contributed by atoms with Crippen LogP contribution in [0.15, 0.2) is 0 Å². The van der Waals surface area contributed by atoms with Crippen LogP contribution in [0.2, 0.25) is 6.04 Å². The summed E-state index contributed by atoms with van der Waals surface area (Å²) in [5, 5.41) is 0. The van der Waals surface area contributed by atoms with Crippen molar-refractivity contribution in [3.63, 3.8) is 0 Å². The van der Waals surface area contributed by atoms with E-state index in [0.717, 1.165) is 70.3 Å². The lowest BCUT2D eigenvalue weighted by Gasteiger charge is -2.36. The third kappa shape index (κ3) is 7.77. The van der Waals surface area contributed by atoms with Crippen LogP contribution in [0, 0.1) is 11.8 Å². The molecule has 1 saturated carbocycles. The van der Waals surface area contributed by atoms with Crippen LogP contribution in [-0.4, -0.2) is 40.8 Å². The zero-order chi connectivity index (χ0) is 19.5. The molecule has 0 aromatic heterocycles. The number of unbranched alkanes of at least 4 members (excludes halogenated alkanes) is 3. The van der Waals surface area contributed by atoms with E-state index in [1.165, 1.54) is 25.7 Å². The molecule has 5 heteroatoms. The summed E-state index contributed by atoms with van der Waals surface area (Å²) < 4.78 is 25.2. The van der Waals surface area contributed by atoms with Crippen LogP contribution in [0.1, 0.15) is 91.9 Å². The van der Waals surface area contributed by atoms with Gasteiger partial charge in [-0.3, -0.25) is 0 Å². The SMILES string of the molecule is CCCCO[Si](CC(CC)C1CCC2OC2C1)(OCCCC)OCCCC. The highest BCUT2D eigenvalue weighted by atomic mass is 28.4. The first kappa shape index (κ1) is 23.3. The normalized spacial score (nSPS) is 26.0. The smallest absolute Gasteiger partial charge is 0.373 e. The maximum absolute atomic E-state index is 6.49. The van der Waals surface area contributed by atoms with Gasteiger partial charge in [0.15, 0.2) is 0 Å². The van der Waals surface area contributed by atoms with E-state index in [4.69, 9.17) is 18.0 Å². The first-order valence-electron chi connectivity index (χ1n) is 11.7. The molecular formula is C22H44O4Si. The molecule has 4 atom stereocenters. The first-order valence-corrected chi connectivity index (χ1v) is 13.7. The lowest BCUT2D eigenvalue weighted by molar-refractivity contribution is 0.0482. The van der Waals surface area contributed by atoms with Crippen molar-refractivity contribution in [1.82, 2.24) is 0 Å². The monoisotopic (exact) mass is 400 g/mol. The summed E-state index contributed by atoms with van der Waals surface area (Å²) in [6.07, 6.45) is 12.8. The summed E-state index contributed by atoms with van der Waals surface area (Å²) in [7, 11) is -2.62. The van der Waals surface area contributed by atoms with Crippen LogP contribution in [0.25, 0.3) is 0 Å². The number of hydrogen-bond acceptors (Lipinski definition) is 4. The van der Waals surface area contributed by atoms with E-state index in [-0.39, 0.29) is 0 Å². The highest BCUT2D eigenvalue weighted by Crippen LogP contribution is 2.45. The standard InChI is InChI=1S/C22H44O4Si/c1-5-9-14-23-27(24-15-10-6-2,25-16-11-7-3)18-19(8-4)20-12-13-21-22(17-20)26-21/h19-22H,5-18H2,1-4H3. The quantitative estimate of drug-likeness (QED) is 0.182. The van der Waals surface area contributed by atoms with E-state index in [1.807, 2.05) is 0 Å². The molecule has 0 aromatic rings. The van der Waals surface area contributed by atoms with Gasteiger partial charge in [-0.2, -0.15) is 0 Å². The zero-order valence-electron chi connectivity index (χ0n) is 18.3. The second kappa shape index (κ2) is 12.6. The third-order valence-electron chi connectivity index (χ3n) is 6.21. The van der Waals surface area contributed by atoms with Crippen molar-refractivity contribution >= 4 is 8.80 Å². The van der Waals surface area contributed by atoms with Crippen molar-refractivity contribution in [2.24, 2.45) is 11.8 Å². The Hall–Kier alpha value is 0.0569. The Morgan fingerprint density at radius 2 is 1.37 bits per heavy atom. The molecule has 27 heavy (non-hydrogen) atoms. The van der Waals surface area contributed by atoms with Gasteiger partial charge in [0.2, 0.25) is 0 Å². The Balaban J connectivity index is 2.03. The Morgan fingerprint density at radius 3 is 1.81 bits per heavy atom. The molecule has 0 amide bonds. The van der Waals surface area contributed by atoms with Crippen molar-refractivity contribution in [3.8, 4) is 0 Å². The van der Waals surface area contributed by atoms with E-state index in [0.29, 0.717) is 18.1 Å². The molecule has 4 nitrogen and oxygen atoms in total. The Morgan fingerprint density at radius 1 is 0.815 bits per heavy atom. The summed E-state index contributed by atoms with van der Waals surface area (Å²) in [4.78, 5) is 0. The molecule has 0 bridgehead atoms. The minimum Gasteiger partial charge on any atom is -0.373 e. The summed E-state index contributed by atoms with van der Waals surface area (Å²) in [6.45, 7) is 11.3. The van der Waals surface area contributed by atoms with Crippen LogP contribution < -0.4 is 0 Å². The summed E-state index contributed by atoms with van der Waals surface area (Å²) in [5.74, 6) is 1.37. The van der Waals surface area contributed by atoms with E-state index in [2.05, 4.69) is 27.7 Å². The zero-order valence-corrected chi connectivity index (χ0v) is 19.3. The van der Waals surface area contributed by atoms with Crippen molar-refractivity contribution in [3.05, 3.63) is 0 Å². The lowest BCUT2D eigenvalue weighted by atomic mass is 9.80. The Labute approximate surface area is 169 Å². The van der Waals surface area contributed by atoms with E-state index >= 15 is 0 Å². The molecule has 0 spiro atoms. The minimum absolute atomic E-state index is 0.539. The minimum atomic E-state index is -2.62. The van der Waals surface area contributed by atoms with Crippen LogP contribution in [-0.2, 0) is 18.0 Å². The second-order valence-corrected chi connectivity index (χ2v) is 11.1. The van der Waals surface area contributed by atoms with Crippen molar-refractivity contribution < 1.29 is 18.0 Å². The largest absolute Gasteiger partial charge is 0.501 e. The maximum atomic E-state index is 6.49. The Bertz CT molecular complexity index is 366. The fourth-order valence-corrected chi connectivity index (χ4v) is 7.48. The highest BCUT2D eigenvalue weighted by Gasteiger charge is 2.49. The molecule has 0 aromatic carbocycles. The van der Waals surface area contributed by atoms with Gasteiger partial charge in [-0.1, -0.05) is 53.4 Å². The van der Waals surface area contributed by atoms with Crippen LogP contribution in [0.3, 0.4) is 0 Å². The molecule has 2 aliphatic rings. The van der Waals surface area contributed by atoms with Gasteiger partial charge >= 0.3 is 8.80 Å². The van der Waals surface area contributed by atoms with Gasteiger partial charge < -0.3 is 18.0 Å². The maximum Gasteiger partial charge on any atom is 0.501 e. The lowest BCUT2D eigenvalue weighted by Crippen LogP contribution is -2.49. The van der Waals surface area contributed by atoms with Gasteiger partial charge in [-0.25, -0.2) is 0 Å². The first-order chi connectivity index (χ1) is 13.2. The second-order valence-electron chi connectivity index (χ2n) is 8.45. The number of hydrogen-bond donors (Lipinski definition) is 0. The predicted molar refractivity (Wildman–Crippen MR) is 113 cm³/mol. The number of fused-ring (bicyclic) bond motifs is 1. The fourth-order valence-electron chi connectivity index (χ4n) is 4.25. The van der Waals surface area contributed by atoms with Gasteiger partial charge in [0.05, 0.1) is 12.2 Å². The van der Waals surface area contributed by atoms with Crippen molar-refractivity contribution in [1.29, 1.82) is 0 Å². The van der Waals surface area contributed by atoms with Gasteiger partial charge in [0, 0.05) is 25.9 Å². The molecule has 1 aliphatic carbocycles. The number of rotatable bonds is 16. The molecule has 2 rings (SSSR count). The molecule has 1 saturated heterocycles. The molecule has 0 N–H and O–H groups in total. The third-order valence-corrected chi connectivity index (χ3v) is 9.16. The van der Waals surface area contributed by atoms with Crippen molar-refractivity contribution in [2.45, 2.75) is 110 Å². The molecule has 1 heterocycles. The van der Waals surface area contributed by atoms with Gasteiger partial charge in [-0.15, -0.1) is 0 Å². The average Bonchev–Trinajstić information content (AvgIpc) is 3.45. The molecule has 4 unspecified atom stereocenters. The van der Waals surface area contributed by atoms with E-state index in [9.17, 15) is 0 Å². The molecule has 160 valence electrons.